The van der Waals surface area contributed by atoms with Gasteiger partial charge in [0.1, 0.15) is 11.8 Å². The average Bonchev–Trinajstić information content (AvgIpc) is 3.46. The smallest absolute Gasteiger partial charge is 0.243 e. The second-order valence-corrected chi connectivity index (χ2v) is 7.99. The molecule has 2 atom stereocenters. The Bertz CT molecular complexity index is 1090. The minimum atomic E-state index is -0.725. The number of likely N-dealkylation sites (tertiary alicyclic amines) is 1. The molecule has 0 radical (unpaired) electrons. The highest BCUT2D eigenvalue weighted by atomic mass is 16.5. The number of aliphatic hydroxyl groups excluding tert-OH is 1. The monoisotopic (exact) mass is 422 g/mol. The molecular formula is C23H26N4O4. The summed E-state index contributed by atoms with van der Waals surface area (Å²) < 4.78 is 7.15. The molecule has 162 valence electrons. The number of nitrogens with one attached hydrogen (secondary N) is 1. The number of amides is 2. The number of benzene rings is 1. The lowest BCUT2D eigenvalue weighted by Gasteiger charge is -2.23. The lowest BCUT2D eigenvalue weighted by molar-refractivity contribution is -0.138. The Morgan fingerprint density at radius 1 is 1.26 bits per heavy atom. The van der Waals surface area contributed by atoms with Crippen molar-refractivity contribution in [3.63, 3.8) is 0 Å². The number of carbonyl (C=O) groups excluding carboxylic acids is 2. The molecule has 0 bridgehead atoms. The zero-order valence-corrected chi connectivity index (χ0v) is 17.6. The molecule has 4 rings (SSSR count). The van der Waals surface area contributed by atoms with E-state index in [0.29, 0.717) is 18.0 Å². The van der Waals surface area contributed by atoms with Crippen molar-refractivity contribution in [1.29, 1.82) is 0 Å². The summed E-state index contributed by atoms with van der Waals surface area (Å²) in [4.78, 5) is 27.0. The van der Waals surface area contributed by atoms with Crippen LogP contribution in [-0.4, -0.2) is 50.2 Å². The van der Waals surface area contributed by atoms with Gasteiger partial charge >= 0.3 is 0 Å². The van der Waals surface area contributed by atoms with Crippen LogP contribution in [0.15, 0.2) is 53.2 Å². The van der Waals surface area contributed by atoms with Crippen LogP contribution in [0.4, 0.5) is 0 Å². The van der Waals surface area contributed by atoms with Crippen LogP contribution in [-0.2, 0) is 29.6 Å². The van der Waals surface area contributed by atoms with Crippen molar-refractivity contribution >= 4 is 11.8 Å². The molecule has 1 aliphatic heterocycles. The van der Waals surface area contributed by atoms with Gasteiger partial charge in [-0.25, -0.2) is 0 Å². The Hall–Kier alpha value is -3.39. The second-order valence-electron chi connectivity index (χ2n) is 7.99. The average molecular weight is 422 g/mol. The van der Waals surface area contributed by atoms with Crippen molar-refractivity contribution in [2.45, 2.75) is 38.5 Å². The molecule has 0 unspecified atom stereocenters. The first-order chi connectivity index (χ1) is 14.9. The van der Waals surface area contributed by atoms with E-state index in [1.807, 2.05) is 54.2 Å². The van der Waals surface area contributed by atoms with Crippen LogP contribution in [0.3, 0.4) is 0 Å². The lowest BCUT2D eigenvalue weighted by Crippen LogP contribution is -2.46. The predicted molar refractivity (Wildman–Crippen MR) is 114 cm³/mol. The van der Waals surface area contributed by atoms with Gasteiger partial charge in [-0.2, -0.15) is 0 Å². The molecule has 2 amide bonds. The molecule has 1 fully saturated rings. The number of nitrogens with zero attached hydrogens (tertiary/aromatic N) is 3. The summed E-state index contributed by atoms with van der Waals surface area (Å²) >= 11 is 0. The van der Waals surface area contributed by atoms with E-state index in [0.717, 1.165) is 16.8 Å². The highest BCUT2D eigenvalue weighted by Gasteiger charge is 2.38. The molecule has 1 saturated heterocycles. The molecular weight excluding hydrogens is 396 g/mol. The number of hydrogen-bond donors (Lipinski definition) is 2. The van der Waals surface area contributed by atoms with E-state index in [4.69, 9.17) is 4.52 Å². The molecule has 3 heterocycles. The number of rotatable bonds is 6. The topological polar surface area (TPSA) is 101 Å². The van der Waals surface area contributed by atoms with Crippen LogP contribution in [0.5, 0.6) is 0 Å². The van der Waals surface area contributed by atoms with Crippen LogP contribution >= 0.6 is 0 Å². The predicted octanol–water partition coefficient (Wildman–Crippen LogP) is 1.81. The number of carbonyl (C=O) groups is 2. The van der Waals surface area contributed by atoms with E-state index in [2.05, 4.69) is 10.5 Å². The number of β-amino-alcohol motifs (C(OH)–C–C–N with tert-alkyl or cyclic N) is 1. The fraction of sp³-hybridized carbons (Fsp3) is 0.348. The van der Waals surface area contributed by atoms with E-state index >= 15 is 0 Å². The van der Waals surface area contributed by atoms with Crippen LogP contribution < -0.4 is 5.32 Å². The third-order valence-corrected chi connectivity index (χ3v) is 5.54. The maximum Gasteiger partial charge on any atom is 0.243 e. The van der Waals surface area contributed by atoms with Gasteiger partial charge in [0.25, 0.3) is 0 Å². The maximum absolute atomic E-state index is 12.8. The first-order valence-electron chi connectivity index (χ1n) is 10.3. The number of aliphatic hydroxyl groups is 1. The second kappa shape index (κ2) is 8.77. The Labute approximate surface area is 180 Å². The molecule has 0 saturated carbocycles. The van der Waals surface area contributed by atoms with E-state index in [1.54, 1.807) is 13.0 Å². The molecule has 31 heavy (non-hydrogen) atoms. The van der Waals surface area contributed by atoms with Gasteiger partial charge in [-0.15, -0.1) is 0 Å². The third kappa shape index (κ3) is 4.69. The van der Waals surface area contributed by atoms with Crippen LogP contribution in [0.25, 0.3) is 11.3 Å². The molecule has 2 aromatic heterocycles. The van der Waals surface area contributed by atoms with Gasteiger partial charge in [-0.3, -0.25) is 9.59 Å². The first kappa shape index (κ1) is 20.9. The summed E-state index contributed by atoms with van der Waals surface area (Å²) in [7, 11) is 1.99. The summed E-state index contributed by atoms with van der Waals surface area (Å²) in [5.41, 5.74) is 3.80. The molecule has 2 N–H and O–H groups in total. The van der Waals surface area contributed by atoms with Crippen molar-refractivity contribution in [2.75, 3.05) is 6.54 Å². The van der Waals surface area contributed by atoms with Gasteiger partial charge < -0.3 is 24.4 Å². The molecule has 3 aromatic rings. The summed E-state index contributed by atoms with van der Waals surface area (Å²) in [5.74, 6) is -0.0954. The van der Waals surface area contributed by atoms with Gasteiger partial charge in [0.15, 0.2) is 0 Å². The minimum absolute atomic E-state index is 0.00997. The van der Waals surface area contributed by atoms with Crippen molar-refractivity contribution < 1.29 is 19.2 Å². The quantitative estimate of drug-likeness (QED) is 0.631. The van der Waals surface area contributed by atoms with Crippen LogP contribution in [0.2, 0.25) is 0 Å². The van der Waals surface area contributed by atoms with Crippen LogP contribution in [0, 0.1) is 6.92 Å². The zero-order chi connectivity index (χ0) is 22.0. The van der Waals surface area contributed by atoms with Gasteiger partial charge in [0.2, 0.25) is 11.8 Å². The summed E-state index contributed by atoms with van der Waals surface area (Å²) in [5, 5.41) is 16.8. The minimum Gasteiger partial charge on any atom is -0.391 e. The van der Waals surface area contributed by atoms with Crippen molar-refractivity contribution in [3.8, 4) is 11.3 Å². The Morgan fingerprint density at radius 2 is 2.10 bits per heavy atom. The summed E-state index contributed by atoms with van der Waals surface area (Å²) in [6, 6.07) is 13.0. The van der Waals surface area contributed by atoms with E-state index in [9.17, 15) is 14.7 Å². The summed E-state index contributed by atoms with van der Waals surface area (Å²) in [6.45, 7) is 2.25. The van der Waals surface area contributed by atoms with E-state index in [1.165, 1.54) is 4.90 Å². The van der Waals surface area contributed by atoms with Gasteiger partial charge in [0, 0.05) is 44.5 Å². The largest absolute Gasteiger partial charge is 0.391 e. The SMILES string of the molecule is Cc1cc(CC(=O)N2C[C@H](O)C[C@H]2C(=O)NCc2cccc(-c3cccn3C)c2)on1. The number of aryl methyl sites for hydroxylation is 2. The first-order valence-corrected chi connectivity index (χ1v) is 10.3. The number of hydrogen-bond acceptors (Lipinski definition) is 5. The molecule has 1 aliphatic rings. The lowest BCUT2D eigenvalue weighted by atomic mass is 10.1. The molecule has 0 aliphatic carbocycles. The normalized spacial score (nSPS) is 18.4. The highest BCUT2D eigenvalue weighted by molar-refractivity contribution is 5.89. The van der Waals surface area contributed by atoms with Crippen molar-refractivity contribution in [1.82, 2.24) is 19.9 Å². The van der Waals surface area contributed by atoms with E-state index < -0.39 is 12.1 Å². The maximum atomic E-state index is 12.8. The number of aromatic nitrogens is 2. The van der Waals surface area contributed by atoms with Gasteiger partial charge in [-0.1, -0.05) is 23.4 Å². The standard InChI is InChI=1S/C23H26N4O4/c1-15-9-19(31-25-15)12-22(29)27-14-18(28)11-21(27)23(30)24-13-16-5-3-6-17(10-16)20-7-4-8-26(20)2/h3-10,18,21,28H,11-14H2,1-2H3,(H,24,30)/t18-,21+/m1/s1. The molecule has 8 heteroatoms. The third-order valence-electron chi connectivity index (χ3n) is 5.54. The van der Waals surface area contributed by atoms with E-state index in [-0.39, 0.29) is 31.2 Å². The van der Waals surface area contributed by atoms with Crippen LogP contribution in [0.1, 0.15) is 23.4 Å². The van der Waals surface area contributed by atoms with Crippen molar-refractivity contribution in [3.05, 3.63) is 65.7 Å². The Balaban J connectivity index is 1.40. The molecule has 1 aromatic carbocycles. The Kier molecular flexibility index (Phi) is 5.90. The fourth-order valence-electron chi connectivity index (χ4n) is 4.00. The highest BCUT2D eigenvalue weighted by Crippen LogP contribution is 2.22. The van der Waals surface area contributed by atoms with Gasteiger partial charge in [-0.05, 0) is 36.2 Å². The molecule has 8 nitrogen and oxygen atoms in total. The van der Waals surface area contributed by atoms with Gasteiger partial charge in [0.05, 0.1) is 18.2 Å². The van der Waals surface area contributed by atoms with Crippen molar-refractivity contribution in [2.24, 2.45) is 7.05 Å². The fourth-order valence-corrected chi connectivity index (χ4v) is 4.00. The Morgan fingerprint density at radius 3 is 2.81 bits per heavy atom. The zero-order valence-electron chi connectivity index (χ0n) is 17.6. The molecule has 0 spiro atoms. The summed E-state index contributed by atoms with van der Waals surface area (Å²) in [6.07, 6.45) is 1.49.